The quantitative estimate of drug-likeness (QED) is 0.458. The van der Waals surface area contributed by atoms with Crippen molar-refractivity contribution in [2.45, 2.75) is 11.8 Å². The van der Waals surface area contributed by atoms with Crippen LogP contribution < -0.4 is 9.04 Å². The van der Waals surface area contributed by atoms with Crippen LogP contribution in [-0.4, -0.2) is 25.4 Å². The van der Waals surface area contributed by atoms with Crippen LogP contribution in [0.3, 0.4) is 0 Å². The maximum Gasteiger partial charge on any atom is 0.266 e. The molecule has 0 amide bonds. The molecule has 9 heteroatoms. The zero-order chi connectivity index (χ0) is 20.6. The molecular formula is C20H16FN3O3S2. The van der Waals surface area contributed by atoms with Gasteiger partial charge in [-0.05, 0) is 49.4 Å². The summed E-state index contributed by atoms with van der Waals surface area (Å²) in [7, 11) is -2.65. The number of rotatable bonds is 5. The third-order valence-corrected chi connectivity index (χ3v) is 7.08. The number of benzene rings is 2. The molecule has 0 atom stereocenters. The molecule has 0 spiro atoms. The van der Waals surface area contributed by atoms with Crippen LogP contribution >= 0.6 is 11.3 Å². The highest BCUT2D eigenvalue weighted by Crippen LogP contribution is 2.32. The van der Waals surface area contributed by atoms with Crippen LogP contribution in [-0.2, 0) is 10.0 Å². The summed E-state index contributed by atoms with van der Waals surface area (Å²) in [4.78, 5) is 9.97. The van der Waals surface area contributed by atoms with Crippen LogP contribution in [0.1, 0.15) is 4.88 Å². The van der Waals surface area contributed by atoms with Crippen molar-refractivity contribution in [3.05, 3.63) is 71.6 Å². The summed E-state index contributed by atoms with van der Waals surface area (Å²) >= 11 is 1.55. The largest absolute Gasteiger partial charge is 0.438 e. The Morgan fingerprint density at radius 2 is 1.79 bits per heavy atom. The minimum Gasteiger partial charge on any atom is -0.438 e. The Morgan fingerprint density at radius 1 is 1.07 bits per heavy atom. The number of nitrogens with zero attached hydrogens (tertiary/aromatic N) is 3. The highest BCUT2D eigenvalue weighted by Gasteiger charge is 2.24. The lowest BCUT2D eigenvalue weighted by atomic mass is 10.3. The van der Waals surface area contributed by atoms with Crippen molar-refractivity contribution in [3.8, 4) is 11.6 Å². The Balaban J connectivity index is 1.60. The first kappa shape index (κ1) is 19.3. The van der Waals surface area contributed by atoms with E-state index in [1.807, 2.05) is 13.0 Å². The molecule has 4 aromatic rings. The van der Waals surface area contributed by atoms with E-state index in [0.29, 0.717) is 17.3 Å². The number of hydrogen-bond acceptors (Lipinski definition) is 6. The smallest absolute Gasteiger partial charge is 0.266 e. The van der Waals surface area contributed by atoms with Gasteiger partial charge in [0.15, 0.2) is 0 Å². The molecule has 0 aliphatic rings. The molecule has 0 fully saturated rings. The maximum absolute atomic E-state index is 14.0. The summed E-state index contributed by atoms with van der Waals surface area (Å²) in [5.41, 5.74) is 0.375. The fourth-order valence-corrected chi connectivity index (χ4v) is 4.91. The molecule has 0 aliphatic carbocycles. The Bertz CT molecular complexity index is 1290. The van der Waals surface area contributed by atoms with Gasteiger partial charge in [0, 0.05) is 11.9 Å². The molecule has 2 aromatic carbocycles. The molecule has 0 saturated carbocycles. The summed E-state index contributed by atoms with van der Waals surface area (Å²) in [6.07, 6.45) is 1.44. The average molecular weight is 429 g/mol. The lowest BCUT2D eigenvalue weighted by Gasteiger charge is -2.20. The second-order valence-electron chi connectivity index (χ2n) is 6.25. The summed E-state index contributed by atoms with van der Waals surface area (Å²) in [6.45, 7) is 1.98. The van der Waals surface area contributed by atoms with E-state index >= 15 is 0 Å². The third-order valence-electron chi connectivity index (χ3n) is 4.31. The first-order valence-corrected chi connectivity index (χ1v) is 10.8. The van der Waals surface area contributed by atoms with Crippen molar-refractivity contribution in [2.75, 3.05) is 11.4 Å². The van der Waals surface area contributed by atoms with E-state index in [1.165, 1.54) is 31.6 Å². The second kappa shape index (κ2) is 7.41. The summed E-state index contributed by atoms with van der Waals surface area (Å²) < 4.78 is 46.3. The fourth-order valence-electron chi connectivity index (χ4n) is 2.81. The lowest BCUT2D eigenvalue weighted by Crippen LogP contribution is -2.27. The molecule has 2 heterocycles. The fraction of sp³-hybridized carbons (Fsp3) is 0.100. The van der Waals surface area contributed by atoms with E-state index in [0.717, 1.165) is 25.5 Å². The average Bonchev–Trinajstić information content (AvgIpc) is 3.09. The van der Waals surface area contributed by atoms with E-state index in [-0.39, 0.29) is 4.90 Å². The number of ether oxygens (including phenoxy) is 1. The van der Waals surface area contributed by atoms with E-state index in [2.05, 4.69) is 9.97 Å². The zero-order valence-electron chi connectivity index (χ0n) is 15.5. The van der Waals surface area contributed by atoms with Crippen LogP contribution in [0.2, 0.25) is 0 Å². The zero-order valence-corrected chi connectivity index (χ0v) is 17.2. The van der Waals surface area contributed by atoms with Gasteiger partial charge in [-0.25, -0.2) is 22.8 Å². The van der Waals surface area contributed by atoms with Crippen molar-refractivity contribution < 1.29 is 17.5 Å². The molecule has 0 N–H and O–H groups in total. The Morgan fingerprint density at radius 3 is 2.52 bits per heavy atom. The van der Waals surface area contributed by atoms with Gasteiger partial charge in [-0.3, -0.25) is 4.31 Å². The summed E-state index contributed by atoms with van der Waals surface area (Å²) in [5.74, 6) is 0.131. The Kier molecular flexibility index (Phi) is 4.93. The topological polar surface area (TPSA) is 72.4 Å². The number of thiophene rings is 1. The number of fused-ring (bicyclic) bond motifs is 1. The van der Waals surface area contributed by atoms with Crippen LogP contribution in [0.4, 0.5) is 10.1 Å². The van der Waals surface area contributed by atoms with Crippen LogP contribution in [0.5, 0.6) is 11.6 Å². The number of hydrogen-bond donors (Lipinski definition) is 0. The number of anilines is 1. The number of aromatic nitrogens is 2. The van der Waals surface area contributed by atoms with Crippen LogP contribution in [0, 0.1) is 12.7 Å². The van der Waals surface area contributed by atoms with Gasteiger partial charge in [0.25, 0.3) is 10.0 Å². The Hall–Kier alpha value is -3.04. The van der Waals surface area contributed by atoms with Crippen molar-refractivity contribution >= 4 is 37.3 Å². The lowest BCUT2D eigenvalue weighted by molar-refractivity contribution is 0.468. The normalized spacial score (nSPS) is 11.6. The third kappa shape index (κ3) is 3.66. The number of halogens is 1. The van der Waals surface area contributed by atoms with Gasteiger partial charge in [0.05, 0.1) is 11.1 Å². The Labute approximate surface area is 171 Å². The first-order valence-electron chi connectivity index (χ1n) is 8.59. The van der Waals surface area contributed by atoms with E-state index in [1.54, 1.807) is 35.6 Å². The molecular weight excluding hydrogens is 413 g/mol. The van der Waals surface area contributed by atoms with Gasteiger partial charge in [0.1, 0.15) is 27.6 Å². The van der Waals surface area contributed by atoms with Crippen molar-refractivity contribution in [2.24, 2.45) is 0 Å². The van der Waals surface area contributed by atoms with Crippen molar-refractivity contribution in [3.63, 3.8) is 0 Å². The minimum atomic E-state index is -4.02. The molecule has 0 radical (unpaired) electrons. The predicted octanol–water partition coefficient (Wildman–Crippen LogP) is 4.76. The molecule has 148 valence electrons. The van der Waals surface area contributed by atoms with Crippen LogP contribution in [0.25, 0.3) is 10.2 Å². The van der Waals surface area contributed by atoms with E-state index < -0.39 is 15.8 Å². The van der Waals surface area contributed by atoms with Crippen LogP contribution in [0.15, 0.2) is 65.8 Å². The number of sulfonamides is 1. The standard InChI is InChI=1S/C20H16FN3O3S2/c1-13-11-16-19(22-12-23-20(16)28-13)27-15-9-7-14(8-10-15)24(2)29(25,26)18-6-4-3-5-17(18)21/h3-12H,1-2H3. The highest BCUT2D eigenvalue weighted by atomic mass is 32.2. The van der Waals surface area contributed by atoms with Gasteiger partial charge in [-0.15, -0.1) is 11.3 Å². The summed E-state index contributed by atoms with van der Waals surface area (Å²) in [6, 6.07) is 13.7. The van der Waals surface area contributed by atoms with Gasteiger partial charge in [-0.2, -0.15) is 0 Å². The number of aryl methyl sites for hydroxylation is 1. The second-order valence-corrected chi connectivity index (χ2v) is 9.43. The van der Waals surface area contributed by atoms with Crippen molar-refractivity contribution in [1.82, 2.24) is 9.97 Å². The highest BCUT2D eigenvalue weighted by molar-refractivity contribution is 7.92. The van der Waals surface area contributed by atoms with E-state index in [9.17, 15) is 12.8 Å². The first-order chi connectivity index (χ1) is 13.9. The molecule has 0 saturated heterocycles. The summed E-state index contributed by atoms with van der Waals surface area (Å²) in [5, 5.41) is 0.818. The molecule has 4 rings (SSSR count). The van der Waals surface area contributed by atoms with Gasteiger partial charge in [-0.1, -0.05) is 12.1 Å². The maximum atomic E-state index is 14.0. The molecule has 2 aromatic heterocycles. The SMILES string of the molecule is Cc1cc2c(Oc3ccc(N(C)S(=O)(=O)c4ccccc4F)cc3)ncnc2s1. The molecule has 0 bridgehead atoms. The van der Waals surface area contributed by atoms with Gasteiger partial charge < -0.3 is 4.74 Å². The predicted molar refractivity (Wildman–Crippen MR) is 111 cm³/mol. The molecule has 6 nitrogen and oxygen atoms in total. The minimum absolute atomic E-state index is 0.375. The molecule has 29 heavy (non-hydrogen) atoms. The molecule has 0 aliphatic heterocycles. The molecule has 0 unspecified atom stereocenters. The van der Waals surface area contributed by atoms with Gasteiger partial charge >= 0.3 is 0 Å². The van der Waals surface area contributed by atoms with Gasteiger partial charge in [0.2, 0.25) is 5.88 Å². The monoisotopic (exact) mass is 429 g/mol. The van der Waals surface area contributed by atoms with E-state index in [4.69, 9.17) is 4.74 Å². The van der Waals surface area contributed by atoms with Crippen molar-refractivity contribution in [1.29, 1.82) is 0 Å².